The average Bonchev–Trinajstić information content (AvgIpc) is 2.72. The summed E-state index contributed by atoms with van der Waals surface area (Å²) in [6.07, 6.45) is 0.869. The minimum Gasteiger partial charge on any atom is -0.462 e. The van der Waals surface area contributed by atoms with E-state index in [-0.39, 0.29) is 24.5 Å². The van der Waals surface area contributed by atoms with Crippen LogP contribution in [0, 0.1) is 0 Å². The van der Waals surface area contributed by atoms with Gasteiger partial charge in [0.25, 0.3) is 0 Å². The molecule has 1 aliphatic rings. The number of nitrogens with zero attached hydrogens (tertiary/aromatic N) is 2. The first-order chi connectivity index (χ1) is 8.65. The number of ether oxygens (including phenoxy) is 1. The third kappa shape index (κ3) is 2.31. The number of hydrogen-bond acceptors (Lipinski definition) is 5. The average molecular weight is 256 g/mol. The van der Waals surface area contributed by atoms with Crippen molar-refractivity contribution < 1.29 is 13.9 Å². The second-order valence-electron chi connectivity index (χ2n) is 4.18. The van der Waals surface area contributed by atoms with E-state index < -0.39 is 18.2 Å². The third-order valence-electron chi connectivity index (χ3n) is 3.02. The predicted molar refractivity (Wildman–Crippen MR) is 64.0 cm³/mol. The minimum absolute atomic E-state index is 0.169. The zero-order chi connectivity index (χ0) is 13.1. The van der Waals surface area contributed by atoms with E-state index in [1.165, 1.54) is 10.9 Å². The van der Waals surface area contributed by atoms with Gasteiger partial charge >= 0.3 is 5.97 Å². The van der Waals surface area contributed by atoms with E-state index in [4.69, 9.17) is 10.5 Å². The molecule has 0 spiro atoms. The molecule has 0 amide bonds. The number of aromatic nitrogens is 2. The Hall–Kier alpha value is -1.63. The fourth-order valence-electron chi connectivity index (χ4n) is 2.08. The van der Waals surface area contributed by atoms with E-state index in [2.05, 4.69) is 10.4 Å². The molecule has 1 aromatic heterocycles. The maximum atomic E-state index is 13.8. The fourth-order valence-corrected chi connectivity index (χ4v) is 2.08. The molecule has 2 heterocycles. The number of piperidine rings is 1. The van der Waals surface area contributed by atoms with Crippen LogP contribution in [0.5, 0.6) is 0 Å². The van der Waals surface area contributed by atoms with Crippen LogP contribution in [0.2, 0.25) is 0 Å². The molecule has 1 aliphatic heterocycles. The van der Waals surface area contributed by atoms with Gasteiger partial charge < -0.3 is 15.8 Å². The second-order valence-corrected chi connectivity index (χ2v) is 4.18. The molecule has 2 atom stereocenters. The highest BCUT2D eigenvalue weighted by Gasteiger charge is 2.29. The van der Waals surface area contributed by atoms with Crippen molar-refractivity contribution in [3.8, 4) is 0 Å². The molecule has 0 aliphatic carbocycles. The van der Waals surface area contributed by atoms with Gasteiger partial charge in [-0.25, -0.2) is 13.9 Å². The highest BCUT2D eigenvalue weighted by atomic mass is 19.1. The number of esters is 1. The lowest BCUT2D eigenvalue weighted by atomic mass is 10.1. The lowest BCUT2D eigenvalue weighted by Crippen LogP contribution is -2.40. The van der Waals surface area contributed by atoms with Crippen LogP contribution in [-0.2, 0) is 4.74 Å². The molecule has 1 fully saturated rings. The smallest absolute Gasteiger partial charge is 0.343 e. The molecule has 0 aromatic carbocycles. The van der Waals surface area contributed by atoms with E-state index in [0.29, 0.717) is 13.0 Å². The van der Waals surface area contributed by atoms with Gasteiger partial charge in [0.1, 0.15) is 17.6 Å². The summed E-state index contributed by atoms with van der Waals surface area (Å²) in [5.74, 6) is -0.353. The summed E-state index contributed by atoms with van der Waals surface area (Å²) >= 11 is 0. The van der Waals surface area contributed by atoms with Gasteiger partial charge in [0.2, 0.25) is 0 Å². The molecule has 1 aromatic rings. The Kier molecular flexibility index (Phi) is 3.81. The number of hydrogen-bond donors (Lipinski definition) is 2. The number of nitrogens with two attached hydrogens (primary N) is 1. The topological polar surface area (TPSA) is 82.2 Å². The summed E-state index contributed by atoms with van der Waals surface area (Å²) < 4.78 is 20.0. The number of carbonyl (C=O) groups is 1. The minimum atomic E-state index is -1.06. The van der Waals surface area contributed by atoms with Crippen molar-refractivity contribution in [3.63, 3.8) is 0 Å². The van der Waals surface area contributed by atoms with Crippen molar-refractivity contribution in [2.75, 3.05) is 25.4 Å². The van der Waals surface area contributed by atoms with Crippen LogP contribution in [0.4, 0.5) is 10.2 Å². The number of nitrogen functional groups attached to an aromatic ring is 1. The standard InChI is InChI=1S/C11H17FN4O2/c1-2-18-11(17)7-5-15-16(10(7)13)9-3-4-14-6-8(9)12/h5,8-9,14H,2-4,6,13H2,1H3. The summed E-state index contributed by atoms with van der Waals surface area (Å²) in [7, 11) is 0. The molecule has 0 saturated carbocycles. The maximum absolute atomic E-state index is 13.8. The molecular formula is C11H17FN4O2. The first-order valence-corrected chi connectivity index (χ1v) is 6.00. The molecular weight excluding hydrogens is 239 g/mol. The van der Waals surface area contributed by atoms with Gasteiger partial charge in [-0.05, 0) is 19.9 Å². The lowest BCUT2D eigenvalue weighted by molar-refractivity contribution is 0.0527. The predicted octanol–water partition coefficient (Wildman–Crippen LogP) is 0.514. The first-order valence-electron chi connectivity index (χ1n) is 6.00. The van der Waals surface area contributed by atoms with Crippen molar-refractivity contribution >= 4 is 11.8 Å². The lowest BCUT2D eigenvalue weighted by Gasteiger charge is -2.27. The monoisotopic (exact) mass is 256 g/mol. The molecule has 100 valence electrons. The molecule has 6 nitrogen and oxygen atoms in total. The Morgan fingerprint density at radius 1 is 1.78 bits per heavy atom. The molecule has 0 bridgehead atoms. The van der Waals surface area contributed by atoms with Crippen LogP contribution in [0.1, 0.15) is 29.7 Å². The van der Waals surface area contributed by atoms with E-state index in [0.717, 1.165) is 0 Å². The van der Waals surface area contributed by atoms with Crippen molar-refractivity contribution in [2.24, 2.45) is 0 Å². The molecule has 3 N–H and O–H groups in total. The van der Waals surface area contributed by atoms with Gasteiger partial charge in [-0.1, -0.05) is 0 Å². The number of nitrogens with one attached hydrogen (secondary N) is 1. The van der Waals surface area contributed by atoms with Gasteiger partial charge in [-0.3, -0.25) is 0 Å². The van der Waals surface area contributed by atoms with Crippen LogP contribution in [0.25, 0.3) is 0 Å². The van der Waals surface area contributed by atoms with Gasteiger partial charge in [-0.2, -0.15) is 5.10 Å². The highest BCUT2D eigenvalue weighted by Crippen LogP contribution is 2.25. The summed E-state index contributed by atoms with van der Waals surface area (Å²) in [5.41, 5.74) is 6.04. The van der Waals surface area contributed by atoms with Crippen LogP contribution in [0.15, 0.2) is 6.20 Å². The van der Waals surface area contributed by atoms with Gasteiger partial charge in [-0.15, -0.1) is 0 Å². The van der Waals surface area contributed by atoms with E-state index >= 15 is 0 Å². The van der Waals surface area contributed by atoms with E-state index in [1.807, 2.05) is 0 Å². The number of alkyl halides is 1. The molecule has 7 heteroatoms. The number of carbonyl (C=O) groups excluding carboxylic acids is 1. The third-order valence-corrected chi connectivity index (χ3v) is 3.02. The molecule has 0 radical (unpaired) electrons. The van der Waals surface area contributed by atoms with Crippen LogP contribution >= 0.6 is 0 Å². The normalized spacial score (nSPS) is 23.9. The van der Waals surface area contributed by atoms with Crippen LogP contribution in [-0.4, -0.2) is 41.6 Å². The summed E-state index contributed by atoms with van der Waals surface area (Å²) in [6, 6.07) is -0.422. The summed E-state index contributed by atoms with van der Waals surface area (Å²) in [5, 5.41) is 6.97. The number of anilines is 1. The Bertz CT molecular complexity index is 435. The maximum Gasteiger partial charge on any atom is 0.343 e. The molecule has 1 saturated heterocycles. The molecule has 2 rings (SSSR count). The number of rotatable bonds is 3. The van der Waals surface area contributed by atoms with Crippen molar-refractivity contribution in [2.45, 2.75) is 25.6 Å². The Balaban J connectivity index is 2.22. The Morgan fingerprint density at radius 2 is 2.56 bits per heavy atom. The quantitative estimate of drug-likeness (QED) is 0.770. The van der Waals surface area contributed by atoms with Crippen LogP contribution < -0.4 is 11.1 Å². The van der Waals surface area contributed by atoms with Gasteiger partial charge in [0, 0.05) is 6.54 Å². The summed E-state index contributed by atoms with van der Waals surface area (Å²) in [4.78, 5) is 11.6. The fraction of sp³-hybridized carbons (Fsp3) is 0.636. The van der Waals surface area contributed by atoms with E-state index in [9.17, 15) is 9.18 Å². The van der Waals surface area contributed by atoms with Crippen molar-refractivity contribution in [1.29, 1.82) is 0 Å². The second kappa shape index (κ2) is 5.34. The van der Waals surface area contributed by atoms with Crippen LogP contribution in [0.3, 0.4) is 0 Å². The largest absolute Gasteiger partial charge is 0.462 e. The Labute approximate surface area is 104 Å². The van der Waals surface area contributed by atoms with Crippen molar-refractivity contribution in [1.82, 2.24) is 15.1 Å². The van der Waals surface area contributed by atoms with Gasteiger partial charge in [0.05, 0.1) is 18.8 Å². The molecule has 18 heavy (non-hydrogen) atoms. The Morgan fingerprint density at radius 3 is 3.22 bits per heavy atom. The van der Waals surface area contributed by atoms with Gasteiger partial charge in [0.15, 0.2) is 0 Å². The zero-order valence-corrected chi connectivity index (χ0v) is 10.2. The van der Waals surface area contributed by atoms with E-state index in [1.54, 1.807) is 6.92 Å². The highest BCUT2D eigenvalue weighted by molar-refractivity contribution is 5.94. The van der Waals surface area contributed by atoms with Crippen molar-refractivity contribution in [3.05, 3.63) is 11.8 Å². The first kappa shape index (κ1) is 12.8. The zero-order valence-electron chi connectivity index (χ0n) is 10.2. The number of halogens is 1. The molecule has 2 unspecified atom stereocenters. The summed E-state index contributed by atoms with van der Waals surface area (Å²) in [6.45, 7) is 2.96. The SMILES string of the molecule is CCOC(=O)c1cnn(C2CCNCC2F)c1N.